The highest BCUT2D eigenvalue weighted by Gasteiger charge is 2.43. The van der Waals surface area contributed by atoms with Crippen LogP contribution in [0.5, 0.6) is 0 Å². The Morgan fingerprint density at radius 3 is 2.72 bits per heavy atom. The number of benzene rings is 2. The SMILES string of the molecule is N#Cc1cccc(COC[C@@H]2C(c3ccccc3)C[C@@H](F)[C@H]2C/C=C\CCCC(=O)O)c1. The van der Waals surface area contributed by atoms with Gasteiger partial charge in [-0.3, -0.25) is 4.79 Å². The number of halogens is 1. The van der Waals surface area contributed by atoms with Crippen molar-refractivity contribution in [3.05, 3.63) is 83.4 Å². The van der Waals surface area contributed by atoms with Crippen molar-refractivity contribution in [3.63, 3.8) is 0 Å². The summed E-state index contributed by atoms with van der Waals surface area (Å²) in [6.45, 7) is 0.844. The Balaban J connectivity index is 1.64. The highest BCUT2D eigenvalue weighted by molar-refractivity contribution is 5.66. The number of nitrogens with zero attached hydrogens (tertiary/aromatic N) is 1. The van der Waals surface area contributed by atoms with Gasteiger partial charge in [0.1, 0.15) is 6.17 Å². The smallest absolute Gasteiger partial charge is 0.303 e. The van der Waals surface area contributed by atoms with Crippen LogP contribution in [0.4, 0.5) is 4.39 Å². The fraction of sp³-hybridized carbons (Fsp3) is 0.407. The average Bonchev–Trinajstić information content (AvgIpc) is 3.12. The Hall–Kier alpha value is -2.97. The maximum absolute atomic E-state index is 15.1. The molecule has 0 radical (unpaired) electrons. The summed E-state index contributed by atoms with van der Waals surface area (Å²) in [5.74, 6) is -0.778. The largest absolute Gasteiger partial charge is 0.481 e. The van der Waals surface area contributed by atoms with Gasteiger partial charge in [-0.2, -0.15) is 5.26 Å². The van der Waals surface area contributed by atoms with E-state index in [2.05, 4.69) is 18.2 Å². The van der Waals surface area contributed by atoms with E-state index in [1.807, 2.05) is 48.6 Å². The molecule has 1 aliphatic carbocycles. The monoisotopic (exact) mass is 435 g/mol. The van der Waals surface area contributed by atoms with Gasteiger partial charge in [0.2, 0.25) is 0 Å². The van der Waals surface area contributed by atoms with E-state index >= 15 is 4.39 Å². The van der Waals surface area contributed by atoms with E-state index in [9.17, 15) is 4.79 Å². The third-order valence-electron chi connectivity index (χ3n) is 6.21. The number of carboxylic acids is 1. The molecule has 4 nitrogen and oxygen atoms in total. The number of hydrogen-bond acceptors (Lipinski definition) is 3. The minimum atomic E-state index is -0.903. The van der Waals surface area contributed by atoms with Crippen LogP contribution in [-0.2, 0) is 16.1 Å². The molecule has 0 aromatic heterocycles. The molecule has 0 saturated heterocycles. The highest BCUT2D eigenvalue weighted by Crippen LogP contribution is 2.47. The van der Waals surface area contributed by atoms with E-state index in [-0.39, 0.29) is 24.2 Å². The summed E-state index contributed by atoms with van der Waals surface area (Å²) in [7, 11) is 0. The lowest BCUT2D eigenvalue weighted by molar-refractivity contribution is -0.137. The van der Waals surface area contributed by atoms with Crippen LogP contribution in [0.1, 0.15) is 54.7 Å². The molecular weight excluding hydrogens is 405 g/mol. The first-order valence-electron chi connectivity index (χ1n) is 11.2. The maximum atomic E-state index is 15.1. The Morgan fingerprint density at radius 1 is 1.16 bits per heavy atom. The van der Waals surface area contributed by atoms with Crippen molar-refractivity contribution in [3.8, 4) is 6.07 Å². The van der Waals surface area contributed by atoms with Crippen molar-refractivity contribution >= 4 is 5.97 Å². The van der Waals surface area contributed by atoms with Gasteiger partial charge in [0.25, 0.3) is 0 Å². The molecule has 2 aromatic carbocycles. The van der Waals surface area contributed by atoms with Crippen molar-refractivity contribution < 1.29 is 19.0 Å². The molecule has 0 spiro atoms. The van der Waals surface area contributed by atoms with Crippen molar-refractivity contribution in [2.45, 2.75) is 50.8 Å². The number of carbonyl (C=O) groups is 1. The summed E-state index contributed by atoms with van der Waals surface area (Å²) in [4.78, 5) is 10.6. The van der Waals surface area contributed by atoms with Crippen molar-refractivity contribution in [1.29, 1.82) is 5.26 Å². The van der Waals surface area contributed by atoms with Crippen LogP contribution in [-0.4, -0.2) is 23.9 Å². The minimum absolute atomic E-state index is 0.0511. The van der Waals surface area contributed by atoms with Gasteiger partial charge in [0.05, 0.1) is 24.8 Å². The molecule has 1 unspecified atom stereocenters. The van der Waals surface area contributed by atoms with Crippen LogP contribution >= 0.6 is 0 Å². The summed E-state index contributed by atoms with van der Waals surface area (Å²) in [6, 6.07) is 19.6. The molecule has 3 rings (SSSR count). The predicted molar refractivity (Wildman–Crippen MR) is 122 cm³/mol. The van der Waals surface area contributed by atoms with E-state index in [0.717, 1.165) is 11.1 Å². The van der Waals surface area contributed by atoms with Gasteiger partial charge >= 0.3 is 5.97 Å². The minimum Gasteiger partial charge on any atom is -0.481 e. The van der Waals surface area contributed by atoms with Crippen LogP contribution in [0.15, 0.2) is 66.7 Å². The highest BCUT2D eigenvalue weighted by atomic mass is 19.1. The lowest BCUT2D eigenvalue weighted by Gasteiger charge is -2.25. The zero-order valence-corrected chi connectivity index (χ0v) is 18.2. The first-order chi connectivity index (χ1) is 15.6. The number of allylic oxidation sites excluding steroid dienone is 2. The summed E-state index contributed by atoms with van der Waals surface area (Å²) in [6.07, 6.45) is 5.60. The molecular formula is C27H30FNO3. The second kappa shape index (κ2) is 12.2. The quantitative estimate of drug-likeness (QED) is 0.345. The molecule has 1 saturated carbocycles. The number of aliphatic carboxylic acids is 1. The molecule has 4 atom stereocenters. The van der Waals surface area contributed by atoms with Gasteiger partial charge in [-0.1, -0.05) is 54.6 Å². The van der Waals surface area contributed by atoms with E-state index in [1.165, 1.54) is 0 Å². The number of nitriles is 1. The first-order valence-corrected chi connectivity index (χ1v) is 11.2. The van der Waals surface area contributed by atoms with E-state index < -0.39 is 12.1 Å². The van der Waals surface area contributed by atoms with Crippen LogP contribution in [0, 0.1) is 23.2 Å². The van der Waals surface area contributed by atoms with Gasteiger partial charge in [-0.05, 0) is 66.7 Å². The van der Waals surface area contributed by atoms with Gasteiger partial charge < -0.3 is 9.84 Å². The number of hydrogen-bond donors (Lipinski definition) is 1. The number of alkyl halides is 1. The maximum Gasteiger partial charge on any atom is 0.303 e. The zero-order valence-electron chi connectivity index (χ0n) is 18.2. The number of unbranched alkanes of at least 4 members (excludes halogenated alkanes) is 1. The molecule has 0 amide bonds. The lowest BCUT2D eigenvalue weighted by Crippen LogP contribution is -2.22. The Labute approximate surface area is 189 Å². The third kappa shape index (κ3) is 6.77. The fourth-order valence-corrected chi connectivity index (χ4v) is 4.59. The molecule has 0 aliphatic heterocycles. The van der Waals surface area contributed by atoms with E-state index in [4.69, 9.17) is 15.1 Å². The second-order valence-electron chi connectivity index (χ2n) is 8.42. The average molecular weight is 436 g/mol. The Kier molecular flexibility index (Phi) is 9.01. The van der Waals surface area contributed by atoms with Crippen LogP contribution in [0.25, 0.3) is 0 Å². The number of carboxylic acid groups (broad SMARTS) is 1. The van der Waals surface area contributed by atoms with Gasteiger partial charge in [-0.25, -0.2) is 4.39 Å². The van der Waals surface area contributed by atoms with Gasteiger partial charge in [0, 0.05) is 6.42 Å². The van der Waals surface area contributed by atoms with Crippen LogP contribution < -0.4 is 0 Å². The molecule has 168 valence electrons. The second-order valence-corrected chi connectivity index (χ2v) is 8.42. The first kappa shape index (κ1) is 23.7. The standard InChI is InChI=1S/C27H30FNO3/c28-26-16-24(22-11-4-3-5-12-22)25(23(26)13-6-1-2-7-14-27(30)31)19-32-18-21-10-8-9-20(15-21)17-29/h1,3-6,8-12,15,23-26H,2,7,13-14,16,18-19H2,(H,30,31)/b6-1-/t23-,24?,25-,26+/m0/s1. The van der Waals surface area contributed by atoms with Crippen molar-refractivity contribution in [1.82, 2.24) is 0 Å². The van der Waals surface area contributed by atoms with Crippen LogP contribution in [0.2, 0.25) is 0 Å². The Bertz CT molecular complexity index is 937. The van der Waals surface area contributed by atoms with Crippen molar-refractivity contribution in [2.75, 3.05) is 6.61 Å². The molecule has 1 aliphatic rings. The predicted octanol–water partition coefficient (Wildman–Crippen LogP) is 6.03. The van der Waals surface area contributed by atoms with Gasteiger partial charge in [0.15, 0.2) is 0 Å². The van der Waals surface area contributed by atoms with E-state index in [1.54, 1.807) is 6.07 Å². The molecule has 1 fully saturated rings. The van der Waals surface area contributed by atoms with Gasteiger partial charge in [-0.15, -0.1) is 0 Å². The Morgan fingerprint density at radius 2 is 1.97 bits per heavy atom. The molecule has 5 heteroatoms. The topological polar surface area (TPSA) is 70.3 Å². The van der Waals surface area contributed by atoms with Crippen LogP contribution in [0.3, 0.4) is 0 Å². The molecule has 32 heavy (non-hydrogen) atoms. The molecule has 2 aromatic rings. The summed E-state index contributed by atoms with van der Waals surface area (Å²) in [5.41, 5.74) is 2.68. The van der Waals surface area contributed by atoms with Crippen molar-refractivity contribution in [2.24, 2.45) is 11.8 Å². The summed E-state index contributed by atoms with van der Waals surface area (Å²) >= 11 is 0. The normalized spacial score (nSPS) is 22.8. The number of ether oxygens (including phenoxy) is 1. The lowest BCUT2D eigenvalue weighted by atomic mass is 9.84. The zero-order chi connectivity index (χ0) is 22.8. The van der Waals surface area contributed by atoms with E-state index in [0.29, 0.717) is 44.5 Å². The molecule has 0 bridgehead atoms. The number of rotatable bonds is 11. The summed E-state index contributed by atoms with van der Waals surface area (Å²) < 4.78 is 21.1. The summed E-state index contributed by atoms with van der Waals surface area (Å²) in [5, 5.41) is 17.8. The molecule has 1 N–H and O–H groups in total. The fourth-order valence-electron chi connectivity index (χ4n) is 4.59. The third-order valence-corrected chi connectivity index (χ3v) is 6.21. The molecule has 0 heterocycles.